The minimum Gasteiger partial charge on any atom is -0.336 e. The third kappa shape index (κ3) is 3.46. The zero-order valence-corrected chi connectivity index (χ0v) is 16.1. The minimum absolute atomic E-state index is 0.147. The fraction of sp³-hybridized carbons (Fsp3) is 0.333. The van der Waals surface area contributed by atoms with Gasteiger partial charge in [-0.1, -0.05) is 55.0 Å². The molecular weight excluding hydrogens is 332 g/mol. The number of benzene rings is 2. The van der Waals surface area contributed by atoms with Crippen LogP contribution < -0.4 is 0 Å². The van der Waals surface area contributed by atoms with E-state index in [9.17, 15) is 4.79 Å². The molecule has 1 saturated heterocycles. The van der Waals surface area contributed by atoms with Crippen LogP contribution in [0.3, 0.4) is 0 Å². The lowest BCUT2D eigenvalue weighted by Crippen LogP contribution is -2.43. The molecule has 0 spiro atoms. The number of piperidine rings is 1. The molecule has 0 aliphatic carbocycles. The zero-order valence-electron chi connectivity index (χ0n) is 16.1. The molecule has 3 heteroatoms. The number of carbonyl (C=O) groups excluding carboxylic acids is 1. The van der Waals surface area contributed by atoms with Crippen LogP contribution in [0.25, 0.3) is 22.2 Å². The maximum Gasteiger partial charge on any atom is 0.254 e. The van der Waals surface area contributed by atoms with E-state index < -0.39 is 0 Å². The van der Waals surface area contributed by atoms with E-state index in [1.807, 2.05) is 30.3 Å². The fourth-order valence-corrected chi connectivity index (χ4v) is 4.07. The summed E-state index contributed by atoms with van der Waals surface area (Å²) in [7, 11) is 0. The van der Waals surface area contributed by atoms with E-state index in [-0.39, 0.29) is 5.91 Å². The number of likely N-dealkylation sites (tertiary alicyclic amines) is 1. The highest BCUT2D eigenvalue weighted by Gasteiger charge is 2.27. The molecule has 0 saturated carbocycles. The number of aromatic nitrogens is 1. The summed E-state index contributed by atoms with van der Waals surface area (Å²) in [5.41, 5.74) is 4.78. The summed E-state index contributed by atoms with van der Waals surface area (Å²) in [6.07, 6.45) is 4.43. The quantitative estimate of drug-likeness (QED) is 0.609. The van der Waals surface area contributed by atoms with Crippen LogP contribution >= 0.6 is 0 Å². The van der Waals surface area contributed by atoms with Gasteiger partial charge in [-0.25, -0.2) is 4.98 Å². The predicted molar refractivity (Wildman–Crippen MR) is 111 cm³/mol. The van der Waals surface area contributed by atoms with Gasteiger partial charge in [-0.15, -0.1) is 0 Å². The first-order chi connectivity index (χ1) is 13.2. The predicted octanol–water partition coefficient (Wildman–Crippen LogP) is 5.61. The van der Waals surface area contributed by atoms with Crippen LogP contribution in [0.1, 0.15) is 48.5 Å². The lowest BCUT2D eigenvalue weighted by molar-refractivity contribution is 0.0610. The number of para-hydroxylation sites is 1. The maximum absolute atomic E-state index is 13.5. The van der Waals surface area contributed by atoms with Crippen LogP contribution in [-0.4, -0.2) is 28.4 Å². The maximum atomic E-state index is 13.5. The van der Waals surface area contributed by atoms with Crippen LogP contribution in [0.5, 0.6) is 0 Å². The van der Waals surface area contributed by atoms with Crippen molar-refractivity contribution in [3.8, 4) is 11.3 Å². The first-order valence-electron chi connectivity index (χ1n) is 9.95. The Hall–Kier alpha value is -2.68. The zero-order chi connectivity index (χ0) is 18.8. The molecule has 27 heavy (non-hydrogen) atoms. The van der Waals surface area contributed by atoms with Crippen LogP contribution in [0.4, 0.5) is 0 Å². The van der Waals surface area contributed by atoms with Gasteiger partial charge in [-0.2, -0.15) is 0 Å². The Kier molecular flexibility index (Phi) is 4.93. The molecule has 2 aromatic carbocycles. The topological polar surface area (TPSA) is 33.2 Å². The lowest BCUT2D eigenvalue weighted by Gasteiger charge is -2.35. The fourth-order valence-electron chi connectivity index (χ4n) is 4.07. The molecule has 1 amide bonds. The number of fused-ring (bicyclic) bond motifs is 1. The van der Waals surface area contributed by atoms with Gasteiger partial charge in [0.2, 0.25) is 0 Å². The van der Waals surface area contributed by atoms with Gasteiger partial charge in [0.25, 0.3) is 5.91 Å². The van der Waals surface area contributed by atoms with Crippen LogP contribution in [-0.2, 0) is 0 Å². The van der Waals surface area contributed by atoms with Crippen molar-refractivity contribution in [3.63, 3.8) is 0 Å². The summed E-state index contributed by atoms with van der Waals surface area (Å²) in [6.45, 7) is 5.11. The molecule has 1 fully saturated rings. The molecule has 2 heterocycles. The Balaban J connectivity index is 1.83. The SMILES string of the molecule is CC[C@H]1CCCCN1C(=O)c1cc(-c2ccc(C)cc2)nc2ccccc12. The van der Waals surface area contributed by atoms with E-state index >= 15 is 0 Å². The number of amides is 1. The van der Waals surface area contributed by atoms with E-state index in [0.717, 1.165) is 53.5 Å². The number of hydrogen-bond donors (Lipinski definition) is 0. The standard InChI is InChI=1S/C24H26N2O/c1-3-19-8-6-7-15-26(19)24(27)21-16-23(18-13-11-17(2)12-14-18)25-22-10-5-4-9-20(21)22/h4-5,9-14,16,19H,3,6-8,15H2,1-2H3/t19-/m0/s1. The van der Waals surface area contributed by atoms with Gasteiger partial charge in [0.05, 0.1) is 16.8 Å². The Labute approximate surface area is 161 Å². The molecule has 3 aromatic rings. The van der Waals surface area contributed by atoms with Crippen molar-refractivity contribution in [2.45, 2.75) is 45.6 Å². The van der Waals surface area contributed by atoms with Crippen molar-refractivity contribution in [2.75, 3.05) is 6.54 Å². The Bertz CT molecular complexity index is 962. The normalized spacial score (nSPS) is 17.3. The summed E-state index contributed by atoms with van der Waals surface area (Å²) >= 11 is 0. The van der Waals surface area contributed by atoms with Crippen LogP contribution in [0.15, 0.2) is 54.6 Å². The summed E-state index contributed by atoms with van der Waals surface area (Å²) in [5.74, 6) is 0.147. The first-order valence-corrected chi connectivity index (χ1v) is 9.95. The van der Waals surface area contributed by atoms with Crippen molar-refractivity contribution in [3.05, 3.63) is 65.7 Å². The smallest absolute Gasteiger partial charge is 0.254 e. The first kappa shape index (κ1) is 17.7. The Morgan fingerprint density at radius 3 is 2.67 bits per heavy atom. The molecule has 0 unspecified atom stereocenters. The van der Waals surface area contributed by atoms with E-state index in [1.54, 1.807) is 0 Å². The highest BCUT2D eigenvalue weighted by molar-refractivity contribution is 6.07. The number of carbonyl (C=O) groups is 1. The van der Waals surface area contributed by atoms with Crippen molar-refractivity contribution in [2.24, 2.45) is 0 Å². The van der Waals surface area contributed by atoms with E-state index in [1.165, 1.54) is 12.0 Å². The highest BCUT2D eigenvalue weighted by atomic mass is 16.2. The van der Waals surface area contributed by atoms with Gasteiger partial charge in [-0.05, 0) is 44.7 Å². The molecule has 3 nitrogen and oxygen atoms in total. The second kappa shape index (κ2) is 7.51. The number of pyridine rings is 1. The van der Waals surface area contributed by atoms with Gasteiger partial charge in [0, 0.05) is 23.5 Å². The molecule has 1 aliphatic heterocycles. The molecule has 4 rings (SSSR count). The summed E-state index contributed by atoms with van der Waals surface area (Å²) in [6, 6.07) is 18.6. The number of rotatable bonds is 3. The van der Waals surface area contributed by atoms with E-state index in [0.29, 0.717) is 6.04 Å². The Morgan fingerprint density at radius 2 is 1.89 bits per heavy atom. The third-order valence-electron chi connectivity index (χ3n) is 5.65. The molecule has 1 aromatic heterocycles. The number of nitrogens with zero attached hydrogens (tertiary/aromatic N) is 2. The number of aryl methyl sites for hydroxylation is 1. The van der Waals surface area contributed by atoms with Crippen molar-refractivity contribution in [1.82, 2.24) is 9.88 Å². The summed E-state index contributed by atoms with van der Waals surface area (Å²) < 4.78 is 0. The highest BCUT2D eigenvalue weighted by Crippen LogP contribution is 2.28. The van der Waals surface area contributed by atoms with Crippen LogP contribution in [0, 0.1) is 6.92 Å². The van der Waals surface area contributed by atoms with Gasteiger partial charge in [-0.3, -0.25) is 4.79 Å². The van der Waals surface area contributed by atoms with Gasteiger partial charge in [0.15, 0.2) is 0 Å². The molecule has 138 valence electrons. The van der Waals surface area contributed by atoms with Gasteiger partial charge in [0.1, 0.15) is 0 Å². The third-order valence-corrected chi connectivity index (χ3v) is 5.65. The number of hydrogen-bond acceptors (Lipinski definition) is 2. The van der Waals surface area contributed by atoms with Crippen LogP contribution in [0.2, 0.25) is 0 Å². The average Bonchev–Trinajstić information content (AvgIpc) is 2.73. The van der Waals surface area contributed by atoms with Crippen molar-refractivity contribution >= 4 is 16.8 Å². The average molecular weight is 358 g/mol. The molecule has 0 N–H and O–H groups in total. The van der Waals surface area contributed by atoms with Gasteiger partial charge >= 0.3 is 0 Å². The van der Waals surface area contributed by atoms with Crippen molar-refractivity contribution in [1.29, 1.82) is 0 Å². The largest absolute Gasteiger partial charge is 0.336 e. The Morgan fingerprint density at radius 1 is 1.11 bits per heavy atom. The minimum atomic E-state index is 0.147. The molecular formula is C24H26N2O. The summed E-state index contributed by atoms with van der Waals surface area (Å²) in [5, 5.41) is 0.943. The second-order valence-electron chi connectivity index (χ2n) is 7.49. The molecule has 1 atom stereocenters. The second-order valence-corrected chi connectivity index (χ2v) is 7.49. The lowest BCUT2D eigenvalue weighted by atomic mass is 9.97. The van der Waals surface area contributed by atoms with E-state index in [4.69, 9.17) is 4.98 Å². The summed E-state index contributed by atoms with van der Waals surface area (Å²) in [4.78, 5) is 20.4. The molecule has 0 radical (unpaired) electrons. The van der Waals surface area contributed by atoms with Crippen molar-refractivity contribution < 1.29 is 4.79 Å². The van der Waals surface area contributed by atoms with Gasteiger partial charge < -0.3 is 4.90 Å². The van der Waals surface area contributed by atoms with E-state index in [2.05, 4.69) is 43.0 Å². The molecule has 1 aliphatic rings. The molecule has 0 bridgehead atoms. The monoisotopic (exact) mass is 358 g/mol.